The minimum atomic E-state index is -0.714. The first-order chi connectivity index (χ1) is 17.0. The number of morpholine rings is 1. The van der Waals surface area contributed by atoms with E-state index in [1.807, 2.05) is 13.0 Å². The second kappa shape index (κ2) is 11.7. The highest BCUT2D eigenvalue weighted by Gasteiger charge is 2.45. The molecule has 2 aliphatic rings. The number of halogens is 1. The Kier molecular flexibility index (Phi) is 8.44. The minimum absolute atomic E-state index is 0.0749. The predicted molar refractivity (Wildman–Crippen MR) is 135 cm³/mol. The Morgan fingerprint density at radius 2 is 1.86 bits per heavy atom. The number of benzene rings is 2. The molecule has 186 valence electrons. The van der Waals surface area contributed by atoms with E-state index in [-0.39, 0.29) is 11.3 Å². The summed E-state index contributed by atoms with van der Waals surface area (Å²) in [6, 6.07) is 13.3. The van der Waals surface area contributed by atoms with E-state index in [1.165, 1.54) is 0 Å². The number of likely N-dealkylation sites (tertiary alicyclic amines) is 1. The van der Waals surface area contributed by atoms with E-state index >= 15 is 0 Å². The zero-order chi connectivity index (χ0) is 24.8. The Balaban J connectivity index is 1.63. The third-order valence-corrected chi connectivity index (χ3v) is 6.52. The van der Waals surface area contributed by atoms with Crippen LogP contribution >= 0.6 is 11.6 Å². The molecule has 2 heterocycles. The first kappa shape index (κ1) is 25.2. The minimum Gasteiger partial charge on any atom is -0.507 e. The summed E-state index contributed by atoms with van der Waals surface area (Å²) < 4.78 is 11.0. The molecule has 0 unspecified atom stereocenters. The van der Waals surface area contributed by atoms with E-state index in [1.54, 1.807) is 47.4 Å². The average molecular weight is 499 g/mol. The number of Topliss-reactive ketones (excluding diaryl/α,β-unsaturated/α-hetero) is 1. The van der Waals surface area contributed by atoms with Gasteiger partial charge in [-0.3, -0.25) is 14.5 Å². The number of aliphatic hydroxyl groups excluding tert-OH is 1. The van der Waals surface area contributed by atoms with Gasteiger partial charge in [0.15, 0.2) is 0 Å². The van der Waals surface area contributed by atoms with Crippen molar-refractivity contribution in [3.63, 3.8) is 0 Å². The number of nitrogens with zero attached hydrogens (tertiary/aromatic N) is 2. The van der Waals surface area contributed by atoms with Crippen molar-refractivity contribution in [2.24, 2.45) is 0 Å². The molecule has 4 rings (SSSR count). The molecular formula is C27H31ClN2O5. The molecule has 0 saturated carbocycles. The fraction of sp³-hybridized carbons (Fsp3) is 0.407. The summed E-state index contributed by atoms with van der Waals surface area (Å²) in [4.78, 5) is 30.1. The molecule has 2 aliphatic heterocycles. The van der Waals surface area contributed by atoms with E-state index in [4.69, 9.17) is 21.1 Å². The molecule has 8 heteroatoms. The molecule has 7 nitrogen and oxygen atoms in total. The maximum atomic E-state index is 13.2. The van der Waals surface area contributed by atoms with E-state index < -0.39 is 17.7 Å². The van der Waals surface area contributed by atoms with E-state index in [9.17, 15) is 14.7 Å². The summed E-state index contributed by atoms with van der Waals surface area (Å²) in [5, 5.41) is 11.7. The van der Waals surface area contributed by atoms with Crippen LogP contribution in [-0.2, 0) is 14.3 Å². The monoisotopic (exact) mass is 498 g/mol. The van der Waals surface area contributed by atoms with Crippen molar-refractivity contribution in [1.82, 2.24) is 9.80 Å². The van der Waals surface area contributed by atoms with Gasteiger partial charge in [0.1, 0.15) is 11.5 Å². The van der Waals surface area contributed by atoms with Crippen LogP contribution in [0, 0.1) is 0 Å². The summed E-state index contributed by atoms with van der Waals surface area (Å²) in [7, 11) is 0. The van der Waals surface area contributed by atoms with Crippen LogP contribution in [-0.4, -0.2) is 72.6 Å². The van der Waals surface area contributed by atoms with Gasteiger partial charge >= 0.3 is 0 Å². The van der Waals surface area contributed by atoms with E-state index in [0.717, 1.165) is 26.1 Å². The smallest absolute Gasteiger partial charge is 0.295 e. The van der Waals surface area contributed by atoms with Crippen LogP contribution in [0.25, 0.3) is 5.76 Å². The highest BCUT2D eigenvalue weighted by atomic mass is 35.5. The molecular weight excluding hydrogens is 468 g/mol. The fourth-order valence-corrected chi connectivity index (χ4v) is 4.71. The first-order valence-electron chi connectivity index (χ1n) is 12.1. The third-order valence-electron chi connectivity index (χ3n) is 6.28. The van der Waals surface area contributed by atoms with E-state index in [2.05, 4.69) is 4.90 Å². The number of aliphatic hydroxyl groups is 1. The summed E-state index contributed by atoms with van der Waals surface area (Å²) in [6.45, 7) is 6.92. The number of carbonyl (C=O) groups excluding carboxylic acids is 2. The molecule has 35 heavy (non-hydrogen) atoms. The second-order valence-corrected chi connectivity index (χ2v) is 9.16. The molecule has 0 radical (unpaired) electrons. The average Bonchev–Trinajstić information content (AvgIpc) is 3.13. The number of hydrogen-bond donors (Lipinski definition) is 1. The van der Waals surface area contributed by atoms with Crippen LogP contribution in [0.2, 0.25) is 5.02 Å². The molecule has 0 spiro atoms. The van der Waals surface area contributed by atoms with Gasteiger partial charge in [-0.1, -0.05) is 30.7 Å². The van der Waals surface area contributed by atoms with Crippen molar-refractivity contribution < 1.29 is 24.2 Å². The number of amides is 1. The van der Waals surface area contributed by atoms with Gasteiger partial charge < -0.3 is 19.5 Å². The van der Waals surface area contributed by atoms with E-state index in [0.29, 0.717) is 54.7 Å². The van der Waals surface area contributed by atoms with Gasteiger partial charge in [0, 0.05) is 36.8 Å². The molecule has 0 aromatic heterocycles. The first-order valence-corrected chi connectivity index (χ1v) is 12.4. The summed E-state index contributed by atoms with van der Waals surface area (Å²) in [6.07, 6.45) is 1.59. The topological polar surface area (TPSA) is 79.3 Å². The number of ketones is 1. The number of hydrogen-bond acceptors (Lipinski definition) is 6. The van der Waals surface area contributed by atoms with Crippen molar-refractivity contribution >= 4 is 29.1 Å². The lowest BCUT2D eigenvalue weighted by molar-refractivity contribution is -0.140. The van der Waals surface area contributed by atoms with Gasteiger partial charge in [-0.15, -0.1) is 0 Å². The predicted octanol–water partition coefficient (Wildman–Crippen LogP) is 4.27. The van der Waals surface area contributed by atoms with Crippen molar-refractivity contribution in [1.29, 1.82) is 0 Å². The Hall–Kier alpha value is -2.87. The molecule has 1 N–H and O–H groups in total. The van der Waals surface area contributed by atoms with Gasteiger partial charge in [-0.2, -0.15) is 0 Å². The Morgan fingerprint density at radius 3 is 2.54 bits per heavy atom. The molecule has 2 aromatic carbocycles. The largest absolute Gasteiger partial charge is 0.507 e. The lowest BCUT2D eigenvalue weighted by atomic mass is 9.95. The molecule has 2 fully saturated rings. The van der Waals surface area contributed by atoms with Crippen molar-refractivity contribution in [3.05, 3.63) is 70.3 Å². The van der Waals surface area contributed by atoms with Gasteiger partial charge in [0.05, 0.1) is 31.4 Å². The van der Waals surface area contributed by atoms with Gasteiger partial charge in [0.2, 0.25) is 0 Å². The summed E-state index contributed by atoms with van der Waals surface area (Å²) in [5.74, 6) is -0.823. The van der Waals surface area contributed by atoms with Crippen LogP contribution in [0.15, 0.2) is 54.1 Å². The standard InChI is InChI=1S/C27H31ClN2O5/c1-2-15-35-22-9-7-19(8-10-22)25(31)23-24(20-5-3-6-21(28)18-20)30(27(33)26(23)32)12-4-11-29-13-16-34-17-14-29/h3,5-10,18,24,31H,2,4,11-17H2,1H3/b25-23+/t24-/m1/s1. The molecule has 0 aliphatic carbocycles. The quantitative estimate of drug-likeness (QED) is 0.316. The number of ether oxygens (including phenoxy) is 2. The normalized spacial score (nSPS) is 20.4. The highest BCUT2D eigenvalue weighted by Crippen LogP contribution is 2.40. The van der Waals surface area contributed by atoms with Crippen molar-refractivity contribution in [2.45, 2.75) is 25.8 Å². The Morgan fingerprint density at radius 1 is 1.11 bits per heavy atom. The fourth-order valence-electron chi connectivity index (χ4n) is 4.51. The van der Waals surface area contributed by atoms with Crippen molar-refractivity contribution in [3.8, 4) is 5.75 Å². The van der Waals surface area contributed by atoms with Crippen LogP contribution in [0.3, 0.4) is 0 Å². The second-order valence-electron chi connectivity index (χ2n) is 8.73. The number of rotatable bonds is 9. The SMILES string of the molecule is CCCOc1ccc(/C(O)=C2\C(=O)C(=O)N(CCCN3CCOCC3)[C@@H]2c2cccc(Cl)c2)cc1. The van der Waals surface area contributed by atoms with Gasteiger partial charge in [-0.25, -0.2) is 0 Å². The van der Waals surface area contributed by atoms with Gasteiger partial charge in [0.25, 0.3) is 11.7 Å². The Labute approximate surface area is 210 Å². The zero-order valence-electron chi connectivity index (χ0n) is 19.9. The highest BCUT2D eigenvalue weighted by molar-refractivity contribution is 6.46. The Bertz CT molecular complexity index is 1080. The van der Waals surface area contributed by atoms with Crippen LogP contribution in [0.4, 0.5) is 0 Å². The summed E-state index contributed by atoms with van der Waals surface area (Å²) >= 11 is 6.25. The maximum Gasteiger partial charge on any atom is 0.295 e. The summed E-state index contributed by atoms with van der Waals surface area (Å²) in [5.41, 5.74) is 1.21. The molecule has 2 aromatic rings. The molecule has 0 bridgehead atoms. The molecule has 2 saturated heterocycles. The van der Waals surface area contributed by atoms with Crippen LogP contribution in [0.5, 0.6) is 5.75 Å². The zero-order valence-corrected chi connectivity index (χ0v) is 20.7. The van der Waals surface area contributed by atoms with Crippen LogP contribution in [0.1, 0.15) is 36.9 Å². The third kappa shape index (κ3) is 5.86. The molecule has 1 atom stereocenters. The van der Waals surface area contributed by atoms with Gasteiger partial charge in [-0.05, 0) is 54.8 Å². The van der Waals surface area contributed by atoms with Crippen molar-refractivity contribution in [2.75, 3.05) is 46.0 Å². The molecule has 1 amide bonds. The van der Waals surface area contributed by atoms with Crippen LogP contribution < -0.4 is 4.74 Å². The number of carbonyl (C=O) groups is 2. The lowest BCUT2D eigenvalue weighted by Gasteiger charge is -2.29. The maximum absolute atomic E-state index is 13.2. The lowest BCUT2D eigenvalue weighted by Crippen LogP contribution is -2.38.